The first-order chi connectivity index (χ1) is 9.33. The van der Waals surface area contributed by atoms with E-state index in [1.807, 2.05) is 11.6 Å². The van der Waals surface area contributed by atoms with Gasteiger partial charge in [-0.05, 0) is 38.6 Å². The molecule has 1 fully saturated rings. The zero-order valence-electron chi connectivity index (χ0n) is 11.6. The minimum atomic E-state index is -0.281. The van der Waals surface area contributed by atoms with Crippen molar-refractivity contribution in [1.29, 1.82) is 0 Å². The number of aromatic nitrogens is 1. The summed E-state index contributed by atoms with van der Waals surface area (Å²) in [6.45, 7) is 2.35. The molecule has 1 aromatic heterocycles. The molecule has 0 saturated carbocycles. The van der Waals surface area contributed by atoms with Crippen molar-refractivity contribution in [2.24, 2.45) is 5.92 Å². The molecule has 1 saturated heterocycles. The van der Waals surface area contributed by atoms with Crippen LogP contribution in [0.3, 0.4) is 0 Å². The van der Waals surface area contributed by atoms with Gasteiger partial charge in [0.05, 0.1) is 0 Å². The quantitative estimate of drug-likeness (QED) is 0.753. The van der Waals surface area contributed by atoms with Gasteiger partial charge in [-0.1, -0.05) is 0 Å². The monoisotopic (exact) mass is 284 g/mol. The molecule has 2 heterocycles. The van der Waals surface area contributed by atoms with Crippen LogP contribution in [0, 0.1) is 5.92 Å². The number of thiazole rings is 1. The lowest BCUT2D eigenvalue weighted by Crippen LogP contribution is -2.45. The van der Waals surface area contributed by atoms with E-state index in [2.05, 4.69) is 10.3 Å². The number of methoxy groups -OCH3 is 1. The molecule has 19 heavy (non-hydrogen) atoms. The minimum Gasteiger partial charge on any atom is -0.396 e. The van der Waals surface area contributed by atoms with E-state index in [1.165, 1.54) is 12.8 Å². The maximum Gasteiger partial charge on any atom is 0.125 e. The summed E-state index contributed by atoms with van der Waals surface area (Å²) in [4.78, 5) is 4.52. The highest BCUT2D eigenvalue weighted by molar-refractivity contribution is 7.09. The van der Waals surface area contributed by atoms with Crippen LogP contribution in [0.2, 0.25) is 0 Å². The summed E-state index contributed by atoms with van der Waals surface area (Å²) in [5.41, 5.74) is -0.281. The Morgan fingerprint density at radius 2 is 2.47 bits per heavy atom. The van der Waals surface area contributed by atoms with E-state index >= 15 is 0 Å². The highest BCUT2D eigenvalue weighted by Crippen LogP contribution is 2.42. The maximum atomic E-state index is 9.01. The summed E-state index contributed by atoms with van der Waals surface area (Å²) in [7, 11) is 1.80. The summed E-state index contributed by atoms with van der Waals surface area (Å²) in [5, 5.41) is 15.6. The number of hydrogen-bond donors (Lipinski definition) is 2. The first-order valence-corrected chi connectivity index (χ1v) is 7.98. The Balaban J connectivity index is 2.18. The van der Waals surface area contributed by atoms with Crippen molar-refractivity contribution in [3.8, 4) is 0 Å². The number of nitrogens with zero attached hydrogens (tertiary/aromatic N) is 1. The minimum absolute atomic E-state index is 0.251. The molecule has 0 radical (unpaired) electrons. The van der Waals surface area contributed by atoms with Crippen LogP contribution in [0.1, 0.15) is 37.1 Å². The van der Waals surface area contributed by atoms with Gasteiger partial charge in [-0.2, -0.15) is 0 Å². The second-order valence-electron chi connectivity index (χ2n) is 5.15. The zero-order chi connectivity index (χ0) is 13.6. The summed E-state index contributed by atoms with van der Waals surface area (Å²) < 4.78 is 5.99. The van der Waals surface area contributed by atoms with E-state index in [0.29, 0.717) is 5.92 Å². The number of aliphatic hydroxyl groups excluding tert-OH is 1. The Hall–Kier alpha value is -0.490. The summed E-state index contributed by atoms with van der Waals surface area (Å²) in [5.74, 6) is 0.469. The third kappa shape index (κ3) is 3.34. The molecule has 0 amide bonds. The number of nitrogens with one attached hydrogen (secondary N) is 1. The van der Waals surface area contributed by atoms with E-state index in [4.69, 9.17) is 9.84 Å². The SMILES string of the molecule is CO[C@](CCCCO)(c1nccs1)[C@@H]1CCCNC1. The summed E-state index contributed by atoms with van der Waals surface area (Å²) >= 11 is 1.68. The van der Waals surface area contributed by atoms with Gasteiger partial charge >= 0.3 is 0 Å². The Morgan fingerprint density at radius 3 is 3.05 bits per heavy atom. The molecule has 1 aromatic rings. The number of unbranched alkanes of at least 4 members (excludes halogenated alkanes) is 1. The fourth-order valence-electron chi connectivity index (χ4n) is 3.02. The fourth-order valence-corrected chi connectivity index (χ4v) is 3.95. The average molecular weight is 284 g/mol. The summed E-state index contributed by atoms with van der Waals surface area (Å²) in [6.07, 6.45) is 6.97. The molecule has 0 spiro atoms. The van der Waals surface area contributed by atoms with E-state index in [-0.39, 0.29) is 12.2 Å². The van der Waals surface area contributed by atoms with Crippen LogP contribution in [-0.4, -0.2) is 36.9 Å². The third-order valence-corrected chi connectivity index (χ3v) is 5.00. The van der Waals surface area contributed by atoms with Gasteiger partial charge < -0.3 is 15.2 Å². The standard InChI is InChI=1S/C14H24N2O2S/c1-18-14(6-2-3-9-17,13-16-8-10-19-13)12-5-4-7-15-11-12/h8,10,12,15,17H,2-7,9,11H2,1H3/t12-,14+/m1/s1. The van der Waals surface area contributed by atoms with Crippen LogP contribution in [0.5, 0.6) is 0 Å². The molecule has 1 aliphatic rings. The fraction of sp³-hybridized carbons (Fsp3) is 0.786. The van der Waals surface area contributed by atoms with Gasteiger partial charge in [0.25, 0.3) is 0 Å². The van der Waals surface area contributed by atoms with Crippen molar-refractivity contribution in [3.63, 3.8) is 0 Å². The Kier molecular flexibility index (Phi) is 5.76. The average Bonchev–Trinajstić information content (AvgIpc) is 3.00. The van der Waals surface area contributed by atoms with E-state index in [9.17, 15) is 0 Å². The number of rotatable bonds is 7. The van der Waals surface area contributed by atoms with Gasteiger partial charge in [-0.15, -0.1) is 11.3 Å². The molecule has 0 bridgehead atoms. The maximum absolute atomic E-state index is 9.01. The highest BCUT2D eigenvalue weighted by Gasteiger charge is 2.42. The summed E-state index contributed by atoms with van der Waals surface area (Å²) in [6, 6.07) is 0. The van der Waals surface area contributed by atoms with E-state index in [1.54, 1.807) is 18.4 Å². The molecule has 5 heteroatoms. The normalized spacial score (nSPS) is 23.2. The van der Waals surface area contributed by atoms with Crippen molar-refractivity contribution in [2.75, 3.05) is 26.8 Å². The van der Waals surface area contributed by atoms with Crippen LogP contribution < -0.4 is 5.32 Å². The molecular formula is C14H24N2O2S. The molecule has 0 aromatic carbocycles. The lowest BCUT2D eigenvalue weighted by Gasteiger charge is -2.40. The van der Waals surface area contributed by atoms with Gasteiger partial charge in [0, 0.05) is 37.8 Å². The van der Waals surface area contributed by atoms with Crippen LogP contribution in [0.15, 0.2) is 11.6 Å². The molecular weight excluding hydrogens is 260 g/mol. The molecule has 2 N–H and O–H groups in total. The predicted molar refractivity (Wildman–Crippen MR) is 77.3 cm³/mol. The van der Waals surface area contributed by atoms with E-state index in [0.717, 1.165) is 37.4 Å². The number of ether oxygens (including phenoxy) is 1. The second-order valence-corrected chi connectivity index (χ2v) is 6.05. The molecule has 0 aliphatic carbocycles. The molecule has 0 unspecified atom stereocenters. The van der Waals surface area contributed by atoms with Gasteiger partial charge in [0.15, 0.2) is 0 Å². The van der Waals surface area contributed by atoms with Gasteiger partial charge in [0.2, 0.25) is 0 Å². The highest BCUT2D eigenvalue weighted by atomic mass is 32.1. The number of aliphatic hydroxyl groups is 1. The smallest absolute Gasteiger partial charge is 0.125 e. The zero-order valence-corrected chi connectivity index (χ0v) is 12.4. The van der Waals surface area contributed by atoms with Gasteiger partial charge in [0.1, 0.15) is 10.6 Å². The predicted octanol–water partition coefficient (Wildman–Crippen LogP) is 2.15. The van der Waals surface area contributed by atoms with Crippen LogP contribution in [-0.2, 0) is 10.3 Å². The molecule has 2 atom stereocenters. The van der Waals surface area contributed by atoms with E-state index < -0.39 is 0 Å². The number of piperidine rings is 1. The topological polar surface area (TPSA) is 54.4 Å². The van der Waals surface area contributed by atoms with Crippen molar-refractivity contribution in [3.05, 3.63) is 16.6 Å². The largest absolute Gasteiger partial charge is 0.396 e. The molecule has 108 valence electrons. The van der Waals surface area contributed by atoms with Crippen molar-refractivity contribution >= 4 is 11.3 Å². The lowest BCUT2D eigenvalue weighted by atomic mass is 9.79. The first kappa shape index (κ1) is 14.9. The van der Waals surface area contributed by atoms with Crippen molar-refractivity contribution < 1.29 is 9.84 Å². The first-order valence-electron chi connectivity index (χ1n) is 7.10. The molecule has 1 aliphatic heterocycles. The third-order valence-electron chi connectivity index (χ3n) is 4.07. The molecule has 4 nitrogen and oxygen atoms in total. The second kappa shape index (κ2) is 7.33. The lowest BCUT2D eigenvalue weighted by molar-refractivity contribution is -0.0799. The van der Waals surface area contributed by atoms with Crippen LogP contribution in [0.4, 0.5) is 0 Å². The molecule has 2 rings (SSSR count). The van der Waals surface area contributed by atoms with Crippen molar-refractivity contribution in [1.82, 2.24) is 10.3 Å². The van der Waals surface area contributed by atoms with Gasteiger partial charge in [-0.3, -0.25) is 0 Å². The number of hydrogen-bond acceptors (Lipinski definition) is 5. The Labute approximate surface area is 119 Å². The van der Waals surface area contributed by atoms with Crippen LogP contribution in [0.25, 0.3) is 0 Å². The Bertz CT molecular complexity index is 352. The van der Waals surface area contributed by atoms with Crippen molar-refractivity contribution in [2.45, 2.75) is 37.7 Å². The Morgan fingerprint density at radius 1 is 1.58 bits per heavy atom. The van der Waals surface area contributed by atoms with Crippen LogP contribution >= 0.6 is 11.3 Å². The van der Waals surface area contributed by atoms with Gasteiger partial charge in [-0.25, -0.2) is 4.98 Å².